The van der Waals surface area contributed by atoms with Crippen molar-refractivity contribution in [1.29, 1.82) is 0 Å². The molecule has 2 aliphatic rings. The zero-order chi connectivity index (χ0) is 14.8. The quantitative estimate of drug-likeness (QED) is 0.676. The molecule has 1 fully saturated rings. The van der Waals surface area contributed by atoms with E-state index < -0.39 is 12.5 Å². The van der Waals surface area contributed by atoms with Crippen molar-refractivity contribution in [2.75, 3.05) is 13.2 Å². The lowest BCUT2D eigenvalue weighted by atomic mass is 9.80. The minimum Gasteiger partial charge on any atom is -0.370 e. The van der Waals surface area contributed by atoms with Gasteiger partial charge in [-0.25, -0.2) is 8.78 Å². The number of aliphatic imine (C=N–C) groups is 1. The van der Waals surface area contributed by atoms with E-state index in [1.165, 1.54) is 25.0 Å². The average Bonchev–Trinajstić information content (AvgIpc) is 3.09. The molecule has 0 bridgehead atoms. The zero-order valence-corrected chi connectivity index (χ0v) is 12.9. The highest BCUT2D eigenvalue weighted by atomic mass is 19.3. The van der Waals surface area contributed by atoms with Gasteiger partial charge in [-0.1, -0.05) is 26.7 Å². The first-order chi connectivity index (χ1) is 9.23. The van der Waals surface area contributed by atoms with Crippen LogP contribution < -0.4 is 0 Å². The highest BCUT2D eigenvalue weighted by Crippen LogP contribution is 2.42. The lowest BCUT2D eigenvalue weighted by molar-refractivity contribution is -0.0866. The average molecular weight is 287 g/mol. The predicted octanol–water partition coefficient (Wildman–Crippen LogP) is 4.48. The topological polar surface area (TPSA) is 21.6 Å². The molecule has 1 aliphatic carbocycles. The normalized spacial score (nSPS) is 24.6. The maximum atomic E-state index is 12.7. The van der Waals surface area contributed by atoms with Crippen LogP contribution >= 0.6 is 0 Å². The summed E-state index contributed by atoms with van der Waals surface area (Å²) >= 11 is 0. The van der Waals surface area contributed by atoms with Crippen LogP contribution in [-0.2, 0) is 4.74 Å². The van der Waals surface area contributed by atoms with E-state index >= 15 is 0 Å². The van der Waals surface area contributed by atoms with Gasteiger partial charge in [0, 0.05) is 12.6 Å². The van der Waals surface area contributed by atoms with E-state index in [4.69, 9.17) is 4.74 Å². The number of halogens is 2. The Morgan fingerprint density at radius 1 is 1.20 bits per heavy atom. The summed E-state index contributed by atoms with van der Waals surface area (Å²) in [6.45, 7) is 5.58. The monoisotopic (exact) mass is 287 g/mol. The van der Waals surface area contributed by atoms with Crippen LogP contribution in [-0.4, -0.2) is 30.9 Å². The third-order valence-corrected chi connectivity index (χ3v) is 4.07. The van der Waals surface area contributed by atoms with E-state index in [9.17, 15) is 8.78 Å². The summed E-state index contributed by atoms with van der Waals surface area (Å²) in [6, 6.07) is 0. The van der Waals surface area contributed by atoms with Crippen molar-refractivity contribution in [3.63, 3.8) is 0 Å². The Labute approximate surface area is 121 Å². The highest BCUT2D eigenvalue weighted by Gasteiger charge is 2.32. The summed E-state index contributed by atoms with van der Waals surface area (Å²) in [5.74, 6) is -1.81. The van der Waals surface area contributed by atoms with Gasteiger partial charge in [-0.05, 0) is 37.0 Å². The second kappa shape index (κ2) is 6.08. The van der Waals surface area contributed by atoms with Crippen molar-refractivity contribution in [2.24, 2.45) is 16.3 Å². The molecule has 116 valence electrons. The van der Waals surface area contributed by atoms with Gasteiger partial charge in [0.25, 0.3) is 5.92 Å². The number of alkyl halides is 2. The molecule has 1 heterocycles. The van der Waals surface area contributed by atoms with E-state index in [2.05, 4.69) is 18.8 Å². The van der Waals surface area contributed by atoms with Crippen molar-refractivity contribution in [2.45, 2.75) is 71.3 Å². The fraction of sp³-hybridized carbons (Fsp3) is 0.938. The number of nitrogens with zero attached hydrogens (tertiary/aromatic N) is 1. The van der Waals surface area contributed by atoms with Crippen LogP contribution in [0.1, 0.15) is 59.3 Å². The van der Waals surface area contributed by atoms with Gasteiger partial charge in [-0.15, -0.1) is 0 Å². The fourth-order valence-corrected chi connectivity index (χ4v) is 3.00. The third-order valence-electron chi connectivity index (χ3n) is 4.07. The molecule has 0 N–H and O–H groups in total. The van der Waals surface area contributed by atoms with Gasteiger partial charge >= 0.3 is 0 Å². The molecule has 0 aromatic rings. The van der Waals surface area contributed by atoms with Gasteiger partial charge in [0.05, 0.1) is 12.6 Å². The van der Waals surface area contributed by atoms with E-state index in [0.717, 1.165) is 32.1 Å². The summed E-state index contributed by atoms with van der Waals surface area (Å²) in [7, 11) is 0. The summed E-state index contributed by atoms with van der Waals surface area (Å²) in [5, 5.41) is 0. The standard InChI is InChI=1S/C16H27F2NO/c1-15(2,8-12-4-5-12)9-13-6-7-14(10-19-13)20-11-16(3,17)18/h12,14H,4-11H2,1-3H3. The number of ether oxygens (including phenoxy) is 1. The Kier molecular flexibility index (Phi) is 4.83. The molecule has 0 saturated heterocycles. The first-order valence-corrected chi connectivity index (χ1v) is 7.75. The van der Waals surface area contributed by atoms with Crippen LogP contribution in [0.5, 0.6) is 0 Å². The Balaban J connectivity index is 1.74. The summed E-state index contributed by atoms with van der Waals surface area (Å²) in [4.78, 5) is 4.57. The van der Waals surface area contributed by atoms with Gasteiger partial charge in [0.15, 0.2) is 0 Å². The fourth-order valence-electron chi connectivity index (χ4n) is 3.00. The summed E-state index contributed by atoms with van der Waals surface area (Å²) in [6.07, 6.45) is 6.70. The van der Waals surface area contributed by atoms with E-state index in [1.54, 1.807) is 0 Å². The molecule has 0 aromatic carbocycles. The Hall–Kier alpha value is -0.510. The van der Waals surface area contributed by atoms with Crippen LogP contribution in [0.2, 0.25) is 0 Å². The number of rotatable bonds is 7. The lowest BCUT2D eigenvalue weighted by Gasteiger charge is -2.29. The second-order valence-electron chi connectivity index (χ2n) is 7.44. The first kappa shape index (κ1) is 15.9. The summed E-state index contributed by atoms with van der Waals surface area (Å²) < 4.78 is 30.7. The van der Waals surface area contributed by atoms with Gasteiger partial charge in [0.2, 0.25) is 0 Å². The molecule has 2 rings (SSSR count). The molecule has 0 spiro atoms. The number of hydrogen-bond acceptors (Lipinski definition) is 2. The van der Waals surface area contributed by atoms with Crippen LogP contribution in [0.3, 0.4) is 0 Å². The SMILES string of the molecule is CC(F)(F)COC1CCC(CC(C)(C)CC2CC2)=NC1. The van der Waals surface area contributed by atoms with Crippen molar-refractivity contribution in [3.8, 4) is 0 Å². The molecule has 0 aromatic heterocycles. The molecule has 1 atom stereocenters. The molecule has 4 heteroatoms. The van der Waals surface area contributed by atoms with E-state index in [0.29, 0.717) is 12.0 Å². The molecule has 1 saturated carbocycles. The van der Waals surface area contributed by atoms with E-state index in [-0.39, 0.29) is 6.10 Å². The number of hydrogen-bond donors (Lipinski definition) is 0. The minimum atomic E-state index is -2.74. The molecule has 0 amide bonds. The maximum Gasteiger partial charge on any atom is 0.268 e. The van der Waals surface area contributed by atoms with Gasteiger partial charge in [-0.3, -0.25) is 4.99 Å². The largest absolute Gasteiger partial charge is 0.370 e. The maximum absolute atomic E-state index is 12.7. The van der Waals surface area contributed by atoms with Gasteiger partial charge in [-0.2, -0.15) is 0 Å². The molecular formula is C16H27F2NO. The van der Waals surface area contributed by atoms with E-state index in [1.807, 2.05) is 0 Å². The highest BCUT2D eigenvalue weighted by molar-refractivity contribution is 5.85. The van der Waals surface area contributed by atoms with Crippen molar-refractivity contribution in [1.82, 2.24) is 0 Å². The van der Waals surface area contributed by atoms with Crippen LogP contribution in [0.15, 0.2) is 4.99 Å². The minimum absolute atomic E-state index is 0.129. The first-order valence-electron chi connectivity index (χ1n) is 7.75. The van der Waals surface area contributed by atoms with Crippen LogP contribution in [0.25, 0.3) is 0 Å². The molecular weight excluding hydrogens is 260 g/mol. The predicted molar refractivity (Wildman–Crippen MR) is 77.6 cm³/mol. The van der Waals surface area contributed by atoms with Gasteiger partial charge in [0.1, 0.15) is 6.61 Å². The molecule has 1 aliphatic heterocycles. The second-order valence-corrected chi connectivity index (χ2v) is 7.44. The van der Waals surface area contributed by atoms with Crippen LogP contribution in [0, 0.1) is 11.3 Å². The Morgan fingerprint density at radius 3 is 2.40 bits per heavy atom. The third kappa shape index (κ3) is 5.86. The zero-order valence-electron chi connectivity index (χ0n) is 12.9. The van der Waals surface area contributed by atoms with Gasteiger partial charge < -0.3 is 4.74 Å². The summed E-state index contributed by atoms with van der Waals surface area (Å²) in [5.41, 5.74) is 1.57. The molecule has 20 heavy (non-hydrogen) atoms. The molecule has 2 nitrogen and oxygen atoms in total. The van der Waals surface area contributed by atoms with Crippen molar-refractivity contribution in [3.05, 3.63) is 0 Å². The van der Waals surface area contributed by atoms with Crippen molar-refractivity contribution >= 4 is 5.71 Å². The molecule has 1 unspecified atom stereocenters. The molecule has 0 radical (unpaired) electrons. The smallest absolute Gasteiger partial charge is 0.268 e. The Morgan fingerprint density at radius 2 is 1.90 bits per heavy atom. The lowest BCUT2D eigenvalue weighted by Crippen LogP contribution is -2.30. The Bertz CT molecular complexity index is 356. The van der Waals surface area contributed by atoms with Crippen LogP contribution in [0.4, 0.5) is 8.78 Å². The van der Waals surface area contributed by atoms with Crippen molar-refractivity contribution < 1.29 is 13.5 Å².